The summed E-state index contributed by atoms with van der Waals surface area (Å²) < 4.78 is 32.1. The van der Waals surface area contributed by atoms with Crippen LogP contribution in [0.2, 0.25) is 10.0 Å². The summed E-state index contributed by atoms with van der Waals surface area (Å²) in [7, 11) is -3.55. The van der Waals surface area contributed by atoms with Crippen LogP contribution >= 0.6 is 23.2 Å². The molecule has 0 spiro atoms. The molecule has 1 N–H and O–H groups in total. The molecule has 4 nitrogen and oxygen atoms in total. The fourth-order valence-corrected chi connectivity index (χ4v) is 3.44. The molecule has 1 fully saturated rings. The monoisotopic (exact) mass is 309 g/mol. The van der Waals surface area contributed by atoms with Crippen LogP contribution in [0.5, 0.6) is 0 Å². The summed E-state index contributed by atoms with van der Waals surface area (Å²) in [5.74, 6) is 0. The molecule has 1 heterocycles. The number of halogens is 2. The first kappa shape index (κ1) is 14.1. The molecule has 0 atom stereocenters. The summed E-state index contributed by atoms with van der Waals surface area (Å²) in [6.45, 7) is 1.16. The lowest BCUT2D eigenvalue weighted by atomic mass is 10.1. The van der Waals surface area contributed by atoms with E-state index in [0.29, 0.717) is 31.1 Å². The minimum atomic E-state index is -3.55. The molecule has 7 heteroatoms. The number of rotatable bonds is 3. The lowest BCUT2D eigenvalue weighted by Gasteiger charge is -2.23. The zero-order chi connectivity index (χ0) is 13.2. The van der Waals surface area contributed by atoms with E-state index in [1.54, 1.807) is 0 Å². The van der Waals surface area contributed by atoms with Gasteiger partial charge in [0, 0.05) is 19.3 Å². The average Bonchev–Trinajstić information content (AvgIpc) is 2.33. The van der Waals surface area contributed by atoms with E-state index in [1.807, 2.05) is 0 Å². The van der Waals surface area contributed by atoms with Gasteiger partial charge in [-0.15, -0.1) is 0 Å². The van der Waals surface area contributed by atoms with Crippen molar-refractivity contribution in [3.63, 3.8) is 0 Å². The first-order chi connectivity index (χ1) is 8.49. The summed E-state index contributed by atoms with van der Waals surface area (Å²) in [4.78, 5) is 0.128. The summed E-state index contributed by atoms with van der Waals surface area (Å²) in [6.07, 6.45) is 1.36. The van der Waals surface area contributed by atoms with Gasteiger partial charge in [-0.1, -0.05) is 23.2 Å². The quantitative estimate of drug-likeness (QED) is 0.933. The maximum absolute atomic E-state index is 12.1. The van der Waals surface area contributed by atoms with Crippen molar-refractivity contribution in [2.45, 2.75) is 23.8 Å². The van der Waals surface area contributed by atoms with Crippen LogP contribution in [0.25, 0.3) is 0 Å². The minimum Gasteiger partial charge on any atom is -0.381 e. The van der Waals surface area contributed by atoms with Gasteiger partial charge in [-0.3, -0.25) is 0 Å². The molecule has 0 amide bonds. The Labute approximate surface area is 116 Å². The lowest BCUT2D eigenvalue weighted by molar-refractivity contribution is 0.0832. The Morgan fingerprint density at radius 1 is 1.17 bits per heavy atom. The third-order valence-corrected chi connectivity index (χ3v) is 5.00. The fraction of sp³-hybridized carbons (Fsp3) is 0.455. The third-order valence-electron chi connectivity index (χ3n) is 2.74. The predicted octanol–water partition coefficient (Wildman–Crippen LogP) is 2.45. The summed E-state index contributed by atoms with van der Waals surface area (Å²) in [5.41, 5.74) is 0. The zero-order valence-electron chi connectivity index (χ0n) is 9.53. The number of ether oxygens (including phenoxy) is 1. The highest BCUT2D eigenvalue weighted by molar-refractivity contribution is 7.89. The smallest absolute Gasteiger partial charge is 0.240 e. The fourth-order valence-electron chi connectivity index (χ4n) is 1.75. The highest BCUT2D eigenvalue weighted by Gasteiger charge is 2.22. The summed E-state index contributed by atoms with van der Waals surface area (Å²) in [5, 5.41) is 0.563. The van der Waals surface area contributed by atoms with Gasteiger partial charge < -0.3 is 4.74 Å². The SMILES string of the molecule is O=S(=O)(NC1CCOCC1)c1ccc(Cl)c(Cl)c1. The van der Waals surface area contributed by atoms with Crippen LogP contribution in [0.15, 0.2) is 23.1 Å². The highest BCUT2D eigenvalue weighted by atomic mass is 35.5. The van der Waals surface area contributed by atoms with Crippen molar-refractivity contribution in [1.29, 1.82) is 0 Å². The number of hydrogen-bond acceptors (Lipinski definition) is 3. The molecule has 0 bridgehead atoms. The van der Waals surface area contributed by atoms with Gasteiger partial charge >= 0.3 is 0 Å². The van der Waals surface area contributed by atoms with Crippen LogP contribution < -0.4 is 4.72 Å². The van der Waals surface area contributed by atoms with E-state index in [4.69, 9.17) is 27.9 Å². The molecule has 0 aliphatic carbocycles. The lowest BCUT2D eigenvalue weighted by Crippen LogP contribution is -2.38. The van der Waals surface area contributed by atoms with Gasteiger partial charge in [0.05, 0.1) is 14.9 Å². The van der Waals surface area contributed by atoms with Crippen LogP contribution in [0.1, 0.15) is 12.8 Å². The van der Waals surface area contributed by atoms with E-state index in [9.17, 15) is 8.42 Å². The maximum atomic E-state index is 12.1. The Balaban J connectivity index is 2.16. The van der Waals surface area contributed by atoms with Crippen LogP contribution in [0, 0.1) is 0 Å². The molecule has 1 aromatic carbocycles. The van der Waals surface area contributed by atoms with Gasteiger partial charge in [0.25, 0.3) is 0 Å². The molecule has 1 saturated heterocycles. The van der Waals surface area contributed by atoms with Gasteiger partial charge in [-0.2, -0.15) is 0 Å². The Morgan fingerprint density at radius 3 is 2.44 bits per heavy atom. The van der Waals surface area contributed by atoms with Crippen LogP contribution in [0.4, 0.5) is 0 Å². The average molecular weight is 310 g/mol. The second-order valence-corrected chi connectivity index (χ2v) is 6.61. The molecule has 100 valence electrons. The van der Waals surface area contributed by atoms with Crippen LogP contribution in [0.3, 0.4) is 0 Å². The van der Waals surface area contributed by atoms with Crippen molar-refractivity contribution in [3.05, 3.63) is 28.2 Å². The maximum Gasteiger partial charge on any atom is 0.240 e. The first-order valence-corrected chi connectivity index (χ1v) is 7.78. The van der Waals surface area contributed by atoms with E-state index >= 15 is 0 Å². The van der Waals surface area contributed by atoms with Gasteiger partial charge in [0.1, 0.15) is 0 Å². The number of sulfonamides is 1. The van der Waals surface area contributed by atoms with E-state index < -0.39 is 10.0 Å². The second kappa shape index (κ2) is 5.75. The highest BCUT2D eigenvalue weighted by Crippen LogP contribution is 2.25. The van der Waals surface area contributed by atoms with E-state index in [0.717, 1.165) is 0 Å². The largest absolute Gasteiger partial charge is 0.381 e. The minimum absolute atomic E-state index is 0.0850. The van der Waals surface area contributed by atoms with Gasteiger partial charge in [0.2, 0.25) is 10.0 Å². The normalized spacial score (nSPS) is 17.9. The van der Waals surface area contributed by atoms with Crippen molar-refractivity contribution in [1.82, 2.24) is 4.72 Å². The molecule has 0 radical (unpaired) electrons. The standard InChI is InChI=1S/C11H13Cl2NO3S/c12-10-2-1-9(7-11(10)13)18(15,16)14-8-3-5-17-6-4-8/h1-2,7-8,14H,3-6H2. The van der Waals surface area contributed by atoms with Gasteiger partial charge in [-0.25, -0.2) is 13.1 Å². The van der Waals surface area contributed by atoms with E-state index in [2.05, 4.69) is 4.72 Å². The molecule has 1 aliphatic rings. The topological polar surface area (TPSA) is 55.4 Å². The van der Waals surface area contributed by atoms with Crippen molar-refractivity contribution >= 4 is 33.2 Å². The third kappa shape index (κ3) is 3.36. The molecule has 0 saturated carbocycles. The molecule has 1 aromatic rings. The molecule has 1 aliphatic heterocycles. The Kier molecular flexibility index (Phi) is 4.50. The molecule has 18 heavy (non-hydrogen) atoms. The Morgan fingerprint density at radius 2 is 1.83 bits per heavy atom. The van der Waals surface area contributed by atoms with Crippen LogP contribution in [-0.2, 0) is 14.8 Å². The summed E-state index contributed by atoms with van der Waals surface area (Å²) >= 11 is 11.6. The van der Waals surface area contributed by atoms with E-state index in [-0.39, 0.29) is 16.0 Å². The summed E-state index contributed by atoms with van der Waals surface area (Å²) in [6, 6.07) is 4.18. The molecule has 2 rings (SSSR count). The van der Waals surface area contributed by atoms with Gasteiger partial charge in [0.15, 0.2) is 0 Å². The Bertz CT molecular complexity index is 527. The Hall–Kier alpha value is -0.330. The van der Waals surface area contributed by atoms with E-state index in [1.165, 1.54) is 18.2 Å². The molecular formula is C11H13Cl2NO3S. The van der Waals surface area contributed by atoms with Gasteiger partial charge in [-0.05, 0) is 31.0 Å². The van der Waals surface area contributed by atoms with Crippen molar-refractivity contribution in [2.75, 3.05) is 13.2 Å². The molecular weight excluding hydrogens is 297 g/mol. The zero-order valence-corrected chi connectivity index (χ0v) is 11.9. The second-order valence-electron chi connectivity index (χ2n) is 4.08. The number of benzene rings is 1. The number of hydrogen-bond donors (Lipinski definition) is 1. The van der Waals surface area contributed by atoms with Crippen molar-refractivity contribution < 1.29 is 13.2 Å². The predicted molar refractivity (Wildman–Crippen MR) is 70.6 cm³/mol. The van der Waals surface area contributed by atoms with Crippen molar-refractivity contribution in [3.8, 4) is 0 Å². The van der Waals surface area contributed by atoms with Crippen LogP contribution in [-0.4, -0.2) is 27.7 Å². The molecule has 0 unspecified atom stereocenters. The first-order valence-electron chi connectivity index (χ1n) is 5.54. The number of nitrogens with one attached hydrogen (secondary N) is 1. The van der Waals surface area contributed by atoms with Crippen molar-refractivity contribution in [2.24, 2.45) is 0 Å². The molecule has 0 aromatic heterocycles.